The molecule has 186 valence electrons. The maximum absolute atomic E-state index is 13.9. The predicted molar refractivity (Wildman–Crippen MR) is 136 cm³/mol. The third kappa shape index (κ3) is 4.56. The molecule has 37 heavy (non-hydrogen) atoms. The largest absolute Gasteiger partial charge is 0.496 e. The molecule has 6 aromatic rings. The smallest absolute Gasteiger partial charge is 0.187 e. The highest BCUT2D eigenvalue weighted by atomic mass is 32.1. The lowest BCUT2D eigenvalue weighted by Gasteiger charge is -2.08. The minimum atomic E-state index is -0.569. The normalized spacial score (nSPS) is 11.4. The van der Waals surface area contributed by atoms with Gasteiger partial charge in [0.1, 0.15) is 41.0 Å². The number of thiazole rings is 1. The molecule has 0 unspecified atom stereocenters. The number of hydrogen-bond donors (Lipinski definition) is 1. The molecule has 0 bridgehead atoms. The van der Waals surface area contributed by atoms with Gasteiger partial charge in [0, 0.05) is 23.6 Å². The summed E-state index contributed by atoms with van der Waals surface area (Å²) in [6.07, 6.45) is 1.81. The number of fused-ring (bicyclic) bond motifs is 2. The molecule has 6 rings (SSSR count). The van der Waals surface area contributed by atoms with Crippen molar-refractivity contribution in [2.24, 2.45) is 0 Å². The first-order valence-corrected chi connectivity index (χ1v) is 12.1. The fourth-order valence-electron chi connectivity index (χ4n) is 3.83. The second-order valence-electron chi connectivity index (χ2n) is 8.23. The highest BCUT2D eigenvalue weighted by Crippen LogP contribution is 2.37. The van der Waals surface area contributed by atoms with Crippen LogP contribution >= 0.6 is 11.3 Å². The van der Waals surface area contributed by atoms with Crippen molar-refractivity contribution in [1.82, 2.24) is 19.6 Å². The molecule has 8 nitrogen and oxygen atoms in total. The van der Waals surface area contributed by atoms with Gasteiger partial charge < -0.3 is 19.2 Å². The van der Waals surface area contributed by atoms with Crippen LogP contribution in [-0.2, 0) is 6.61 Å². The van der Waals surface area contributed by atoms with Crippen LogP contribution in [0, 0.1) is 18.6 Å². The number of halogens is 2. The quantitative estimate of drug-likeness (QED) is 0.257. The van der Waals surface area contributed by atoms with Crippen molar-refractivity contribution in [2.45, 2.75) is 13.5 Å². The number of aromatic nitrogens is 4. The number of methoxy groups -OCH3 is 1. The molecule has 4 heterocycles. The van der Waals surface area contributed by atoms with E-state index in [-0.39, 0.29) is 12.3 Å². The van der Waals surface area contributed by atoms with E-state index in [4.69, 9.17) is 13.9 Å². The van der Waals surface area contributed by atoms with Crippen LogP contribution in [-0.4, -0.2) is 26.7 Å². The summed E-state index contributed by atoms with van der Waals surface area (Å²) >= 11 is 1.26. The number of rotatable bonds is 7. The SMILES string of the molecule is COc1cc(OCc2csc(Nc3cc(F)ccc3F)n2)c2cc(-c3cn4nc(C)ccc4n3)oc2c1. The molecule has 0 spiro atoms. The number of hydrogen-bond acceptors (Lipinski definition) is 8. The van der Waals surface area contributed by atoms with Gasteiger partial charge in [-0.3, -0.25) is 0 Å². The Labute approximate surface area is 213 Å². The van der Waals surface area contributed by atoms with E-state index in [0.29, 0.717) is 45.0 Å². The molecule has 0 saturated carbocycles. The van der Waals surface area contributed by atoms with Gasteiger partial charge in [-0.1, -0.05) is 0 Å². The molecule has 2 aromatic carbocycles. The van der Waals surface area contributed by atoms with E-state index in [9.17, 15) is 8.78 Å². The van der Waals surface area contributed by atoms with E-state index in [1.807, 2.05) is 31.3 Å². The number of furan rings is 1. The maximum atomic E-state index is 13.9. The van der Waals surface area contributed by atoms with Crippen LogP contribution in [0.2, 0.25) is 0 Å². The highest BCUT2D eigenvalue weighted by Gasteiger charge is 2.16. The fourth-order valence-corrected chi connectivity index (χ4v) is 4.54. The van der Waals surface area contributed by atoms with Gasteiger partial charge in [0.15, 0.2) is 16.5 Å². The Balaban J connectivity index is 1.26. The van der Waals surface area contributed by atoms with Crippen molar-refractivity contribution in [3.8, 4) is 23.0 Å². The first-order chi connectivity index (χ1) is 17.9. The van der Waals surface area contributed by atoms with E-state index in [1.165, 1.54) is 11.3 Å². The Hall–Kier alpha value is -4.51. The van der Waals surface area contributed by atoms with Gasteiger partial charge in [0.25, 0.3) is 0 Å². The molecule has 0 radical (unpaired) electrons. The van der Waals surface area contributed by atoms with Crippen LogP contribution < -0.4 is 14.8 Å². The van der Waals surface area contributed by atoms with Gasteiger partial charge in [-0.15, -0.1) is 11.3 Å². The van der Waals surface area contributed by atoms with Gasteiger partial charge in [0.2, 0.25) is 0 Å². The summed E-state index contributed by atoms with van der Waals surface area (Å²) in [6.45, 7) is 2.06. The van der Waals surface area contributed by atoms with Crippen molar-refractivity contribution >= 4 is 38.8 Å². The number of imidazole rings is 1. The van der Waals surface area contributed by atoms with Crippen LogP contribution in [0.3, 0.4) is 0 Å². The van der Waals surface area contributed by atoms with Gasteiger partial charge in [-0.05, 0) is 37.3 Å². The maximum Gasteiger partial charge on any atom is 0.187 e. The fraction of sp³-hybridized carbons (Fsp3) is 0.115. The number of ether oxygens (including phenoxy) is 2. The predicted octanol–water partition coefficient (Wildman–Crippen LogP) is 6.52. The topological polar surface area (TPSA) is 86.7 Å². The Morgan fingerprint density at radius 1 is 1.08 bits per heavy atom. The molecule has 1 N–H and O–H groups in total. The summed E-state index contributed by atoms with van der Waals surface area (Å²) in [6, 6.07) is 12.4. The highest BCUT2D eigenvalue weighted by molar-refractivity contribution is 7.13. The molecule has 0 amide bonds. The molecule has 0 saturated heterocycles. The lowest BCUT2D eigenvalue weighted by molar-refractivity contribution is 0.303. The molecule has 4 aromatic heterocycles. The van der Waals surface area contributed by atoms with E-state index < -0.39 is 11.6 Å². The lowest BCUT2D eigenvalue weighted by Crippen LogP contribution is -1.98. The summed E-state index contributed by atoms with van der Waals surface area (Å²) in [5.41, 5.74) is 3.43. The van der Waals surface area contributed by atoms with Crippen molar-refractivity contribution in [1.29, 1.82) is 0 Å². The van der Waals surface area contributed by atoms with Crippen LogP contribution in [0.4, 0.5) is 19.6 Å². The van der Waals surface area contributed by atoms with E-state index in [2.05, 4.69) is 20.4 Å². The number of anilines is 2. The number of aryl methyl sites for hydroxylation is 1. The first-order valence-electron chi connectivity index (χ1n) is 11.2. The van der Waals surface area contributed by atoms with Gasteiger partial charge >= 0.3 is 0 Å². The van der Waals surface area contributed by atoms with Gasteiger partial charge in [0.05, 0.1) is 35.8 Å². The summed E-state index contributed by atoms with van der Waals surface area (Å²) in [5, 5.41) is 10.2. The Bertz CT molecular complexity index is 1760. The minimum absolute atomic E-state index is 0.0135. The molecule has 0 atom stereocenters. The molecule has 0 aliphatic rings. The van der Waals surface area contributed by atoms with Crippen LogP contribution in [0.15, 0.2) is 64.5 Å². The van der Waals surface area contributed by atoms with Crippen LogP contribution in [0.1, 0.15) is 11.4 Å². The summed E-state index contributed by atoms with van der Waals surface area (Å²) in [5.74, 6) is 0.563. The Kier molecular flexibility index (Phi) is 5.68. The third-order valence-corrected chi connectivity index (χ3v) is 6.42. The molecular weight excluding hydrogens is 500 g/mol. The summed E-state index contributed by atoms with van der Waals surface area (Å²) in [7, 11) is 1.56. The minimum Gasteiger partial charge on any atom is -0.496 e. The van der Waals surface area contributed by atoms with Crippen LogP contribution in [0.25, 0.3) is 28.1 Å². The van der Waals surface area contributed by atoms with E-state index in [0.717, 1.165) is 29.3 Å². The van der Waals surface area contributed by atoms with Crippen molar-refractivity contribution in [3.05, 3.63) is 83.1 Å². The standard InChI is InChI=1S/C26H19F2N5O3S/c1-14-3-6-25-30-21(11-33(25)32-14)24-10-18-22(8-17(34-2)9-23(18)36-24)35-12-16-13-37-26(29-16)31-20-7-15(27)4-5-19(20)28/h3-11,13H,12H2,1-2H3,(H,29,31). The zero-order valence-electron chi connectivity index (χ0n) is 19.7. The van der Waals surface area contributed by atoms with E-state index >= 15 is 0 Å². The number of nitrogens with one attached hydrogen (secondary N) is 1. The van der Waals surface area contributed by atoms with Crippen molar-refractivity contribution in [3.63, 3.8) is 0 Å². The first kappa shape index (κ1) is 22.9. The van der Waals surface area contributed by atoms with Crippen LogP contribution in [0.5, 0.6) is 11.5 Å². The lowest BCUT2D eigenvalue weighted by atomic mass is 10.2. The second kappa shape index (κ2) is 9.17. The average molecular weight is 520 g/mol. The van der Waals surface area contributed by atoms with E-state index in [1.54, 1.807) is 29.1 Å². The molecular formula is C26H19F2N5O3S. The summed E-state index contributed by atoms with van der Waals surface area (Å²) < 4.78 is 46.7. The van der Waals surface area contributed by atoms with Crippen molar-refractivity contribution in [2.75, 3.05) is 12.4 Å². The summed E-state index contributed by atoms with van der Waals surface area (Å²) in [4.78, 5) is 9.02. The monoisotopic (exact) mass is 519 g/mol. The zero-order valence-corrected chi connectivity index (χ0v) is 20.5. The molecule has 0 fully saturated rings. The number of benzene rings is 2. The number of nitrogens with zero attached hydrogens (tertiary/aromatic N) is 4. The molecule has 0 aliphatic carbocycles. The third-order valence-electron chi connectivity index (χ3n) is 5.61. The van der Waals surface area contributed by atoms with Gasteiger partial charge in [-0.25, -0.2) is 23.3 Å². The molecule has 0 aliphatic heterocycles. The molecule has 11 heteroatoms. The second-order valence-corrected chi connectivity index (χ2v) is 9.09. The van der Waals surface area contributed by atoms with Crippen molar-refractivity contribution < 1.29 is 22.7 Å². The van der Waals surface area contributed by atoms with Gasteiger partial charge in [-0.2, -0.15) is 5.10 Å². The Morgan fingerprint density at radius 2 is 1.97 bits per heavy atom. The zero-order chi connectivity index (χ0) is 25.5. The average Bonchev–Trinajstić information content (AvgIpc) is 3.62. The Morgan fingerprint density at radius 3 is 2.84 bits per heavy atom.